The number of rotatable bonds is 5. The number of benzene rings is 1. The number of methoxy groups -OCH3 is 1. The topological polar surface area (TPSA) is 24.5 Å². The summed E-state index contributed by atoms with van der Waals surface area (Å²) in [6.45, 7) is 3.36. The second kappa shape index (κ2) is 8.67. The minimum Gasteiger partial charge on any atom is -0.496 e. The van der Waals surface area contributed by atoms with Crippen molar-refractivity contribution in [3.63, 3.8) is 0 Å². The quantitative estimate of drug-likeness (QED) is 0.901. The Morgan fingerprint density at radius 2 is 2.10 bits per heavy atom. The van der Waals surface area contributed by atoms with Crippen LogP contribution in [0.2, 0.25) is 5.02 Å². The summed E-state index contributed by atoms with van der Waals surface area (Å²) in [7, 11) is 1.64. The van der Waals surface area contributed by atoms with Crippen molar-refractivity contribution >= 4 is 24.0 Å². The second-order valence-electron chi connectivity index (χ2n) is 4.67. The smallest absolute Gasteiger partial charge is 0.123 e. The third kappa shape index (κ3) is 4.22. The van der Waals surface area contributed by atoms with E-state index in [1.54, 1.807) is 13.2 Å². The largest absolute Gasteiger partial charge is 0.496 e. The summed E-state index contributed by atoms with van der Waals surface area (Å²) in [5.41, 5.74) is 0.981. The predicted molar refractivity (Wildman–Crippen MR) is 83.0 cm³/mol. The number of hydrogen-bond donors (Lipinski definition) is 1. The lowest BCUT2D eigenvalue weighted by molar-refractivity contribution is 0.155. The lowest BCUT2D eigenvalue weighted by Crippen LogP contribution is -2.45. The fraction of sp³-hybridized carbons (Fsp3) is 0.571. The third-order valence-corrected chi connectivity index (χ3v) is 3.76. The maximum absolute atomic E-state index is 12.9. The molecule has 0 aromatic heterocycles. The molecule has 6 heteroatoms. The molecule has 1 saturated heterocycles. The van der Waals surface area contributed by atoms with Gasteiger partial charge < -0.3 is 10.1 Å². The zero-order valence-electron chi connectivity index (χ0n) is 11.6. The molecule has 20 heavy (non-hydrogen) atoms. The van der Waals surface area contributed by atoms with E-state index in [-0.39, 0.29) is 25.1 Å². The van der Waals surface area contributed by atoms with Crippen LogP contribution in [0, 0.1) is 0 Å². The van der Waals surface area contributed by atoms with Crippen LogP contribution >= 0.6 is 24.0 Å². The molecule has 0 saturated carbocycles. The van der Waals surface area contributed by atoms with Crippen molar-refractivity contribution in [3.05, 3.63) is 28.8 Å². The number of piperazine rings is 1. The molecule has 114 valence electrons. The number of halogens is 3. The maximum atomic E-state index is 12.9. The summed E-state index contributed by atoms with van der Waals surface area (Å²) < 4.78 is 18.3. The van der Waals surface area contributed by atoms with Gasteiger partial charge in [-0.1, -0.05) is 11.6 Å². The first-order valence-corrected chi connectivity index (χ1v) is 6.98. The molecule has 3 nitrogen and oxygen atoms in total. The molecule has 1 atom stereocenters. The van der Waals surface area contributed by atoms with Crippen molar-refractivity contribution in [2.45, 2.75) is 12.5 Å². The van der Waals surface area contributed by atoms with Gasteiger partial charge in [-0.2, -0.15) is 0 Å². The number of alkyl halides is 1. The molecule has 0 radical (unpaired) electrons. The van der Waals surface area contributed by atoms with Crippen molar-refractivity contribution in [2.24, 2.45) is 0 Å². The van der Waals surface area contributed by atoms with E-state index in [9.17, 15) is 4.39 Å². The van der Waals surface area contributed by atoms with Gasteiger partial charge in [0, 0.05) is 42.8 Å². The number of nitrogens with zero attached hydrogens (tertiary/aromatic N) is 1. The summed E-state index contributed by atoms with van der Waals surface area (Å²) in [5, 5.41) is 3.97. The average Bonchev–Trinajstić information content (AvgIpc) is 2.45. The normalized spacial score (nSPS) is 17.4. The predicted octanol–water partition coefficient (Wildman–Crippen LogP) is 3.08. The Hall–Kier alpha value is -0.550. The van der Waals surface area contributed by atoms with Gasteiger partial charge in [0.2, 0.25) is 0 Å². The SMILES string of the molecule is COc1ccc(Cl)cc1[C@@H](CCF)N1CCNCC1.Cl. The highest BCUT2D eigenvalue weighted by Gasteiger charge is 2.24. The summed E-state index contributed by atoms with van der Waals surface area (Å²) in [5.74, 6) is 0.779. The first kappa shape index (κ1) is 17.5. The van der Waals surface area contributed by atoms with Crippen LogP contribution in [0.3, 0.4) is 0 Å². The van der Waals surface area contributed by atoms with E-state index in [2.05, 4.69) is 10.2 Å². The van der Waals surface area contributed by atoms with Crippen LogP contribution in [0.15, 0.2) is 18.2 Å². The molecule has 1 aliphatic heterocycles. The first-order valence-electron chi connectivity index (χ1n) is 6.60. The van der Waals surface area contributed by atoms with E-state index in [4.69, 9.17) is 16.3 Å². The van der Waals surface area contributed by atoms with Gasteiger partial charge in [-0.25, -0.2) is 0 Å². The van der Waals surface area contributed by atoms with Gasteiger partial charge in [0.1, 0.15) is 5.75 Å². The van der Waals surface area contributed by atoms with Crippen LogP contribution in [-0.2, 0) is 0 Å². The van der Waals surface area contributed by atoms with E-state index >= 15 is 0 Å². The van der Waals surface area contributed by atoms with Crippen LogP contribution in [0.4, 0.5) is 4.39 Å². The second-order valence-corrected chi connectivity index (χ2v) is 5.10. The minimum absolute atomic E-state index is 0. The van der Waals surface area contributed by atoms with Crippen LogP contribution in [-0.4, -0.2) is 44.9 Å². The fourth-order valence-electron chi connectivity index (χ4n) is 2.60. The molecule has 0 amide bonds. The molecular formula is C14H21Cl2FN2O. The van der Waals surface area contributed by atoms with Crippen molar-refractivity contribution < 1.29 is 9.13 Å². The first-order chi connectivity index (χ1) is 9.26. The van der Waals surface area contributed by atoms with Crippen LogP contribution in [0.25, 0.3) is 0 Å². The molecule has 1 aromatic carbocycles. The Kier molecular flexibility index (Phi) is 7.59. The molecule has 0 bridgehead atoms. The Bertz CT molecular complexity index is 414. The average molecular weight is 323 g/mol. The molecule has 0 unspecified atom stereocenters. The van der Waals surface area contributed by atoms with Crippen molar-refractivity contribution in [1.82, 2.24) is 10.2 Å². The molecule has 2 rings (SSSR count). The van der Waals surface area contributed by atoms with Gasteiger partial charge in [0.15, 0.2) is 0 Å². The maximum Gasteiger partial charge on any atom is 0.123 e. The van der Waals surface area contributed by atoms with E-state index < -0.39 is 0 Å². The molecule has 1 aliphatic rings. The highest BCUT2D eigenvalue weighted by atomic mass is 35.5. The lowest BCUT2D eigenvalue weighted by Gasteiger charge is -2.35. The van der Waals surface area contributed by atoms with Crippen molar-refractivity contribution in [2.75, 3.05) is 40.0 Å². The van der Waals surface area contributed by atoms with E-state index in [1.165, 1.54) is 0 Å². The van der Waals surface area contributed by atoms with E-state index in [1.807, 2.05) is 12.1 Å². The van der Waals surface area contributed by atoms with E-state index in [0.717, 1.165) is 37.5 Å². The Morgan fingerprint density at radius 1 is 1.40 bits per heavy atom. The van der Waals surface area contributed by atoms with Gasteiger partial charge in [-0.15, -0.1) is 12.4 Å². The highest BCUT2D eigenvalue weighted by molar-refractivity contribution is 6.30. The van der Waals surface area contributed by atoms with Crippen molar-refractivity contribution in [1.29, 1.82) is 0 Å². The van der Waals surface area contributed by atoms with Gasteiger partial charge in [0.25, 0.3) is 0 Å². The standard InChI is InChI=1S/C14H20ClFN2O.ClH/c1-19-14-3-2-11(15)10-12(14)13(4-5-16)18-8-6-17-7-9-18;/h2-3,10,13,17H,4-9H2,1H3;1H/t13-;/m1./s1. The molecular weight excluding hydrogens is 302 g/mol. The van der Waals surface area contributed by atoms with Crippen LogP contribution in [0.1, 0.15) is 18.0 Å². The summed E-state index contributed by atoms with van der Waals surface area (Å²) >= 11 is 6.08. The molecule has 1 heterocycles. The molecule has 1 N–H and O–H groups in total. The van der Waals surface area contributed by atoms with Gasteiger partial charge in [-0.3, -0.25) is 9.29 Å². The van der Waals surface area contributed by atoms with Gasteiger partial charge >= 0.3 is 0 Å². The third-order valence-electron chi connectivity index (χ3n) is 3.53. The monoisotopic (exact) mass is 322 g/mol. The van der Waals surface area contributed by atoms with Crippen molar-refractivity contribution in [3.8, 4) is 5.75 Å². The number of nitrogens with one attached hydrogen (secondary N) is 1. The zero-order valence-corrected chi connectivity index (χ0v) is 13.1. The van der Waals surface area contributed by atoms with Crippen LogP contribution < -0.4 is 10.1 Å². The molecule has 1 fully saturated rings. The number of ether oxygens (including phenoxy) is 1. The summed E-state index contributed by atoms with van der Waals surface area (Å²) in [4.78, 5) is 2.30. The van der Waals surface area contributed by atoms with Gasteiger partial charge in [0.05, 0.1) is 13.8 Å². The lowest BCUT2D eigenvalue weighted by atomic mass is 10.0. The zero-order chi connectivity index (χ0) is 13.7. The number of hydrogen-bond acceptors (Lipinski definition) is 3. The van der Waals surface area contributed by atoms with E-state index in [0.29, 0.717) is 11.4 Å². The van der Waals surface area contributed by atoms with Crippen LogP contribution in [0.5, 0.6) is 5.75 Å². The Labute approximate surface area is 130 Å². The molecule has 0 spiro atoms. The fourth-order valence-corrected chi connectivity index (χ4v) is 2.78. The summed E-state index contributed by atoms with van der Waals surface area (Å²) in [6.07, 6.45) is 0.469. The Balaban J connectivity index is 0.00000200. The molecule has 1 aromatic rings. The highest BCUT2D eigenvalue weighted by Crippen LogP contribution is 2.34. The van der Waals surface area contributed by atoms with Gasteiger partial charge in [-0.05, 0) is 24.6 Å². The Morgan fingerprint density at radius 3 is 2.70 bits per heavy atom. The molecule has 0 aliphatic carbocycles. The minimum atomic E-state index is -0.343. The summed E-state index contributed by atoms with van der Waals surface area (Å²) in [6, 6.07) is 5.57.